The number of likely N-dealkylation sites (N-methyl/N-ethyl adjacent to an activating group) is 1. The van der Waals surface area contributed by atoms with Gasteiger partial charge in [0.05, 0.1) is 0 Å². The normalized spacial score (nSPS) is 21.6. The molecule has 82 valence electrons. The summed E-state index contributed by atoms with van der Waals surface area (Å²) in [5, 5.41) is 3.36. The van der Waals surface area contributed by atoms with Crippen molar-refractivity contribution in [3.8, 4) is 0 Å². The summed E-state index contributed by atoms with van der Waals surface area (Å²) in [4.78, 5) is 10.4. The first kappa shape index (κ1) is 10.1. The van der Waals surface area contributed by atoms with Gasteiger partial charge in [-0.2, -0.15) is 4.98 Å². The van der Waals surface area contributed by atoms with Crippen LogP contribution in [0.2, 0.25) is 0 Å². The van der Waals surface area contributed by atoms with Gasteiger partial charge in [0.1, 0.15) is 5.82 Å². The minimum Gasteiger partial charge on any atom is -0.366 e. The van der Waals surface area contributed by atoms with E-state index < -0.39 is 0 Å². The van der Waals surface area contributed by atoms with Crippen molar-refractivity contribution in [3.63, 3.8) is 0 Å². The third kappa shape index (κ3) is 2.54. The van der Waals surface area contributed by atoms with Crippen molar-refractivity contribution in [2.24, 2.45) is 5.84 Å². The van der Waals surface area contributed by atoms with Crippen LogP contribution in [0.5, 0.6) is 0 Å². The fourth-order valence-electron chi connectivity index (χ4n) is 1.77. The molecule has 1 aromatic heterocycles. The molecule has 0 bridgehead atoms. The molecule has 0 spiro atoms. The molecule has 6 nitrogen and oxygen atoms in total. The summed E-state index contributed by atoms with van der Waals surface area (Å²) in [6.45, 7) is 2.18. The van der Waals surface area contributed by atoms with Gasteiger partial charge in [-0.1, -0.05) is 0 Å². The Labute approximate surface area is 88.9 Å². The highest BCUT2D eigenvalue weighted by atomic mass is 15.3. The van der Waals surface area contributed by atoms with Gasteiger partial charge < -0.3 is 10.2 Å². The summed E-state index contributed by atoms with van der Waals surface area (Å²) in [5.74, 6) is 6.49. The summed E-state index contributed by atoms with van der Waals surface area (Å²) in [6, 6.07) is 2.31. The first-order valence-electron chi connectivity index (χ1n) is 5.02. The van der Waals surface area contributed by atoms with Crippen molar-refractivity contribution >= 4 is 11.8 Å². The number of hydrogen-bond donors (Lipinski definition) is 3. The maximum absolute atomic E-state index is 5.24. The number of nitrogen functional groups attached to an aromatic ring is 1. The lowest BCUT2D eigenvalue weighted by Crippen LogP contribution is -2.24. The summed E-state index contributed by atoms with van der Waals surface area (Å²) >= 11 is 0. The molecule has 1 fully saturated rings. The van der Waals surface area contributed by atoms with Gasteiger partial charge in [-0.25, -0.2) is 10.8 Å². The number of aromatic nitrogens is 2. The molecular weight excluding hydrogens is 192 g/mol. The van der Waals surface area contributed by atoms with Crippen LogP contribution in [0.15, 0.2) is 12.3 Å². The molecule has 1 saturated heterocycles. The topological polar surface area (TPSA) is 79.1 Å². The molecule has 1 aliphatic rings. The number of rotatable bonds is 3. The first-order valence-corrected chi connectivity index (χ1v) is 5.02. The van der Waals surface area contributed by atoms with Crippen molar-refractivity contribution < 1.29 is 0 Å². The highest BCUT2D eigenvalue weighted by Gasteiger charge is 2.19. The Kier molecular flexibility index (Phi) is 2.98. The fraction of sp³-hybridized carbons (Fsp3) is 0.556. The third-order valence-corrected chi connectivity index (χ3v) is 2.53. The molecule has 1 unspecified atom stereocenters. The van der Waals surface area contributed by atoms with Gasteiger partial charge in [0, 0.05) is 18.8 Å². The van der Waals surface area contributed by atoms with Crippen molar-refractivity contribution in [3.05, 3.63) is 12.3 Å². The van der Waals surface area contributed by atoms with Crippen LogP contribution in [0.3, 0.4) is 0 Å². The van der Waals surface area contributed by atoms with E-state index in [1.54, 1.807) is 6.20 Å². The number of anilines is 2. The van der Waals surface area contributed by atoms with Gasteiger partial charge in [-0.05, 0) is 26.1 Å². The molecule has 2 heterocycles. The van der Waals surface area contributed by atoms with Gasteiger partial charge >= 0.3 is 0 Å². The van der Waals surface area contributed by atoms with Crippen molar-refractivity contribution in [2.75, 3.05) is 30.9 Å². The highest BCUT2D eigenvalue weighted by Crippen LogP contribution is 2.13. The van der Waals surface area contributed by atoms with Gasteiger partial charge in [0.25, 0.3) is 0 Å². The van der Waals surface area contributed by atoms with Crippen LogP contribution in [0.25, 0.3) is 0 Å². The van der Waals surface area contributed by atoms with E-state index in [9.17, 15) is 0 Å². The lowest BCUT2D eigenvalue weighted by Gasteiger charge is -2.13. The van der Waals surface area contributed by atoms with Gasteiger partial charge in [0.2, 0.25) is 5.95 Å². The van der Waals surface area contributed by atoms with Gasteiger partial charge in [-0.3, -0.25) is 5.43 Å². The molecule has 1 aromatic rings. The van der Waals surface area contributed by atoms with Crippen LogP contribution in [0.1, 0.15) is 6.42 Å². The quantitative estimate of drug-likeness (QED) is 0.474. The number of hydrazine groups is 1. The van der Waals surface area contributed by atoms with E-state index in [1.165, 1.54) is 0 Å². The zero-order chi connectivity index (χ0) is 10.7. The van der Waals surface area contributed by atoms with Crippen LogP contribution in [0.4, 0.5) is 11.8 Å². The summed E-state index contributed by atoms with van der Waals surface area (Å²) < 4.78 is 0. The molecule has 0 aromatic carbocycles. The standard InChI is InChI=1S/C9H16N6/c1-15-5-3-7(6-15)12-8-2-4-11-9(13-8)14-10/h2,4,7H,3,5-6,10H2,1H3,(H2,11,12,13,14). The Morgan fingerprint density at radius 1 is 1.60 bits per heavy atom. The Hall–Kier alpha value is -1.40. The molecule has 0 amide bonds. The van der Waals surface area contributed by atoms with Gasteiger partial charge in [-0.15, -0.1) is 0 Å². The average Bonchev–Trinajstić information content (AvgIpc) is 2.64. The van der Waals surface area contributed by atoms with E-state index in [1.807, 2.05) is 6.07 Å². The summed E-state index contributed by atoms with van der Waals surface area (Å²) in [7, 11) is 2.12. The van der Waals surface area contributed by atoms with E-state index in [2.05, 4.69) is 32.7 Å². The van der Waals surface area contributed by atoms with E-state index >= 15 is 0 Å². The predicted octanol–water partition coefficient (Wildman–Crippen LogP) is -0.122. The second-order valence-corrected chi connectivity index (χ2v) is 3.80. The fourth-order valence-corrected chi connectivity index (χ4v) is 1.77. The van der Waals surface area contributed by atoms with Gasteiger partial charge in [0.15, 0.2) is 0 Å². The lowest BCUT2D eigenvalue weighted by atomic mass is 10.2. The van der Waals surface area contributed by atoms with E-state index in [-0.39, 0.29) is 0 Å². The number of hydrogen-bond acceptors (Lipinski definition) is 6. The number of likely N-dealkylation sites (tertiary alicyclic amines) is 1. The number of nitrogens with zero attached hydrogens (tertiary/aromatic N) is 3. The molecule has 15 heavy (non-hydrogen) atoms. The van der Waals surface area contributed by atoms with Crippen LogP contribution >= 0.6 is 0 Å². The van der Waals surface area contributed by atoms with E-state index in [0.29, 0.717) is 12.0 Å². The second kappa shape index (κ2) is 4.41. The molecular formula is C9H16N6. The minimum atomic E-state index is 0.436. The molecule has 0 saturated carbocycles. The SMILES string of the molecule is CN1CCC(Nc2ccnc(NN)n2)C1. The zero-order valence-corrected chi connectivity index (χ0v) is 8.77. The largest absolute Gasteiger partial charge is 0.366 e. The predicted molar refractivity (Wildman–Crippen MR) is 59.4 cm³/mol. The monoisotopic (exact) mass is 208 g/mol. The molecule has 1 atom stereocenters. The maximum atomic E-state index is 5.24. The molecule has 0 aliphatic carbocycles. The van der Waals surface area contributed by atoms with Crippen LogP contribution in [-0.4, -0.2) is 41.0 Å². The highest BCUT2D eigenvalue weighted by molar-refractivity contribution is 5.40. The third-order valence-electron chi connectivity index (χ3n) is 2.53. The molecule has 2 rings (SSSR count). The molecule has 4 N–H and O–H groups in total. The van der Waals surface area contributed by atoms with Crippen molar-refractivity contribution in [2.45, 2.75) is 12.5 Å². The second-order valence-electron chi connectivity index (χ2n) is 3.80. The van der Waals surface area contributed by atoms with Crippen molar-refractivity contribution in [1.82, 2.24) is 14.9 Å². The van der Waals surface area contributed by atoms with E-state index in [0.717, 1.165) is 25.3 Å². The summed E-state index contributed by atoms with van der Waals surface area (Å²) in [6.07, 6.45) is 2.83. The zero-order valence-electron chi connectivity index (χ0n) is 8.77. The maximum Gasteiger partial charge on any atom is 0.239 e. The summed E-state index contributed by atoms with van der Waals surface area (Å²) in [5.41, 5.74) is 2.43. The van der Waals surface area contributed by atoms with Crippen LogP contribution < -0.4 is 16.6 Å². The van der Waals surface area contributed by atoms with E-state index in [4.69, 9.17) is 5.84 Å². The average molecular weight is 208 g/mol. The Morgan fingerprint density at radius 3 is 3.13 bits per heavy atom. The number of nitrogens with one attached hydrogen (secondary N) is 2. The van der Waals surface area contributed by atoms with Crippen LogP contribution in [0, 0.1) is 0 Å². The number of nitrogens with two attached hydrogens (primary N) is 1. The Bertz CT molecular complexity index is 328. The molecule has 6 heteroatoms. The lowest BCUT2D eigenvalue weighted by molar-refractivity contribution is 0.414. The molecule has 1 aliphatic heterocycles. The Morgan fingerprint density at radius 2 is 2.47 bits per heavy atom. The van der Waals surface area contributed by atoms with Crippen LogP contribution in [-0.2, 0) is 0 Å². The Balaban J connectivity index is 1.98. The minimum absolute atomic E-state index is 0.436. The smallest absolute Gasteiger partial charge is 0.239 e. The van der Waals surface area contributed by atoms with Crippen molar-refractivity contribution in [1.29, 1.82) is 0 Å². The molecule has 0 radical (unpaired) electrons. The first-order chi connectivity index (χ1) is 7.28.